The van der Waals surface area contributed by atoms with Crippen LogP contribution in [0.4, 0.5) is 11.4 Å². The Balaban J connectivity index is 2.26. The molecule has 0 aliphatic carbocycles. The second kappa shape index (κ2) is 5.74. The highest BCUT2D eigenvalue weighted by atomic mass is 35.5. The number of aryl methyl sites for hydroxylation is 1. The molecule has 1 aromatic heterocycles. The summed E-state index contributed by atoms with van der Waals surface area (Å²) in [5.41, 5.74) is 8.50. The van der Waals surface area contributed by atoms with Crippen LogP contribution >= 0.6 is 35.4 Å². The molecule has 98 valence electrons. The van der Waals surface area contributed by atoms with Crippen molar-refractivity contribution in [3.8, 4) is 0 Å². The zero-order valence-electron chi connectivity index (χ0n) is 10.1. The van der Waals surface area contributed by atoms with Crippen LogP contribution in [0.5, 0.6) is 0 Å². The van der Waals surface area contributed by atoms with Gasteiger partial charge < -0.3 is 11.1 Å². The van der Waals surface area contributed by atoms with Gasteiger partial charge in [-0.1, -0.05) is 35.4 Å². The molecule has 0 aliphatic rings. The van der Waals surface area contributed by atoms with Gasteiger partial charge in [0.05, 0.1) is 28.3 Å². The Kier molecular flexibility index (Phi) is 4.24. The van der Waals surface area contributed by atoms with Crippen LogP contribution in [-0.4, -0.2) is 9.97 Å². The lowest BCUT2D eigenvalue weighted by Crippen LogP contribution is -2.11. The molecule has 0 fully saturated rings. The Labute approximate surface area is 126 Å². The second-order valence-corrected chi connectivity index (χ2v) is 5.26. The number of nitrogens with one attached hydrogen (secondary N) is 1. The first-order chi connectivity index (χ1) is 8.97. The molecule has 0 atom stereocenters. The summed E-state index contributed by atoms with van der Waals surface area (Å²) in [5, 5.41) is 4.39. The molecule has 0 saturated heterocycles. The number of hydrogen-bond acceptors (Lipinski definition) is 3. The zero-order chi connectivity index (χ0) is 14.0. The molecule has 0 unspecified atom stereocenters. The molecule has 0 spiro atoms. The third-order valence-electron chi connectivity index (χ3n) is 2.54. The number of hydrogen-bond donors (Lipinski definition) is 2. The van der Waals surface area contributed by atoms with E-state index in [0.29, 0.717) is 15.7 Å². The Hall–Kier alpha value is -1.36. The van der Waals surface area contributed by atoms with Gasteiger partial charge in [-0.05, 0) is 36.8 Å². The fourth-order valence-corrected chi connectivity index (χ4v) is 2.06. The predicted molar refractivity (Wildman–Crippen MR) is 84.6 cm³/mol. The monoisotopic (exact) mass is 311 g/mol. The summed E-state index contributed by atoms with van der Waals surface area (Å²) in [6, 6.07) is 7.16. The van der Waals surface area contributed by atoms with Crippen LogP contribution in [0.15, 0.2) is 30.5 Å². The number of halogens is 2. The molecule has 3 N–H and O–H groups in total. The number of nitrogens with two attached hydrogens (primary N) is 1. The Morgan fingerprint density at radius 3 is 2.58 bits per heavy atom. The molecule has 1 aromatic carbocycles. The van der Waals surface area contributed by atoms with Gasteiger partial charge in [0.2, 0.25) is 0 Å². The summed E-state index contributed by atoms with van der Waals surface area (Å²) >= 11 is 17.1. The van der Waals surface area contributed by atoms with Crippen LogP contribution in [0.1, 0.15) is 11.3 Å². The number of nitrogens with zero attached hydrogens (tertiary/aromatic N) is 1. The van der Waals surface area contributed by atoms with E-state index in [1.54, 1.807) is 18.3 Å². The molecule has 0 radical (unpaired) electrons. The van der Waals surface area contributed by atoms with Crippen molar-refractivity contribution < 1.29 is 0 Å². The first-order valence-electron chi connectivity index (χ1n) is 5.46. The maximum Gasteiger partial charge on any atom is 0.122 e. The van der Waals surface area contributed by atoms with Crippen LogP contribution < -0.4 is 11.1 Å². The van der Waals surface area contributed by atoms with Crippen molar-refractivity contribution in [2.75, 3.05) is 5.32 Å². The van der Waals surface area contributed by atoms with Gasteiger partial charge in [-0.2, -0.15) is 0 Å². The van der Waals surface area contributed by atoms with E-state index in [2.05, 4.69) is 10.3 Å². The van der Waals surface area contributed by atoms with Crippen molar-refractivity contribution in [3.63, 3.8) is 0 Å². The number of rotatable bonds is 3. The van der Waals surface area contributed by atoms with Gasteiger partial charge in [-0.25, -0.2) is 0 Å². The van der Waals surface area contributed by atoms with Crippen molar-refractivity contribution in [2.45, 2.75) is 6.92 Å². The summed E-state index contributed by atoms with van der Waals surface area (Å²) in [4.78, 5) is 4.41. The van der Waals surface area contributed by atoms with Gasteiger partial charge in [-0.3, -0.25) is 4.98 Å². The quantitative estimate of drug-likeness (QED) is 0.839. The zero-order valence-corrected chi connectivity index (χ0v) is 12.4. The van der Waals surface area contributed by atoms with Crippen molar-refractivity contribution >= 4 is 51.8 Å². The SMILES string of the molecule is Cc1cc(Cl)c(Nc2ccc(C(N)=S)nc2)cc1Cl. The number of aromatic nitrogens is 1. The van der Waals surface area contributed by atoms with E-state index in [4.69, 9.17) is 41.2 Å². The largest absolute Gasteiger partial charge is 0.388 e. The summed E-state index contributed by atoms with van der Waals surface area (Å²) in [6.45, 7) is 1.90. The molecule has 0 aliphatic heterocycles. The second-order valence-electron chi connectivity index (χ2n) is 4.00. The predicted octanol–water partition coefficient (Wildman–Crippen LogP) is 4.07. The molecule has 3 nitrogen and oxygen atoms in total. The van der Waals surface area contributed by atoms with Crippen LogP contribution in [0.3, 0.4) is 0 Å². The van der Waals surface area contributed by atoms with Gasteiger partial charge >= 0.3 is 0 Å². The molecule has 0 amide bonds. The third-order valence-corrected chi connectivity index (χ3v) is 3.47. The highest BCUT2D eigenvalue weighted by Crippen LogP contribution is 2.30. The van der Waals surface area contributed by atoms with E-state index in [-0.39, 0.29) is 4.99 Å². The molecule has 19 heavy (non-hydrogen) atoms. The van der Waals surface area contributed by atoms with E-state index >= 15 is 0 Å². The first-order valence-corrected chi connectivity index (χ1v) is 6.62. The van der Waals surface area contributed by atoms with E-state index in [9.17, 15) is 0 Å². The van der Waals surface area contributed by atoms with Gasteiger partial charge in [0.1, 0.15) is 4.99 Å². The minimum Gasteiger partial charge on any atom is -0.388 e. The first kappa shape index (κ1) is 14.1. The summed E-state index contributed by atoms with van der Waals surface area (Å²) in [6.07, 6.45) is 1.64. The molecule has 2 rings (SSSR count). The molecule has 6 heteroatoms. The number of pyridine rings is 1. The lowest BCUT2D eigenvalue weighted by molar-refractivity contribution is 1.29. The average molecular weight is 312 g/mol. The number of benzene rings is 1. The summed E-state index contributed by atoms with van der Waals surface area (Å²) < 4.78 is 0. The normalized spacial score (nSPS) is 10.3. The molecular formula is C13H11Cl2N3S. The smallest absolute Gasteiger partial charge is 0.122 e. The Morgan fingerprint density at radius 1 is 1.26 bits per heavy atom. The fraction of sp³-hybridized carbons (Fsp3) is 0.0769. The lowest BCUT2D eigenvalue weighted by atomic mass is 10.2. The van der Waals surface area contributed by atoms with Crippen LogP contribution in [0.25, 0.3) is 0 Å². The van der Waals surface area contributed by atoms with Crippen molar-refractivity contribution in [3.05, 3.63) is 51.8 Å². The van der Waals surface area contributed by atoms with Crippen molar-refractivity contribution in [2.24, 2.45) is 5.73 Å². The van der Waals surface area contributed by atoms with E-state index in [1.807, 2.05) is 19.1 Å². The van der Waals surface area contributed by atoms with E-state index < -0.39 is 0 Å². The van der Waals surface area contributed by atoms with Crippen molar-refractivity contribution in [1.82, 2.24) is 4.98 Å². The van der Waals surface area contributed by atoms with Crippen LogP contribution in [-0.2, 0) is 0 Å². The Morgan fingerprint density at radius 2 is 2.00 bits per heavy atom. The third kappa shape index (κ3) is 3.35. The average Bonchev–Trinajstić information content (AvgIpc) is 2.36. The standard InChI is InChI=1S/C13H11Cl2N3S/c1-7-4-10(15)12(5-9(7)14)18-8-2-3-11(13(16)19)17-6-8/h2-6,18H,1H3,(H2,16,19). The minimum atomic E-state index is 0.267. The number of thiocarbonyl (C=S) groups is 1. The lowest BCUT2D eigenvalue weighted by Gasteiger charge is -2.10. The molecule has 0 bridgehead atoms. The molecular weight excluding hydrogens is 301 g/mol. The Bertz CT molecular complexity index is 627. The summed E-state index contributed by atoms with van der Waals surface area (Å²) in [5.74, 6) is 0. The fourth-order valence-electron chi connectivity index (χ4n) is 1.51. The van der Waals surface area contributed by atoms with E-state index in [1.165, 1.54) is 0 Å². The maximum atomic E-state index is 6.15. The molecule has 1 heterocycles. The van der Waals surface area contributed by atoms with Gasteiger partial charge in [-0.15, -0.1) is 0 Å². The highest BCUT2D eigenvalue weighted by molar-refractivity contribution is 7.80. The van der Waals surface area contributed by atoms with Crippen molar-refractivity contribution in [1.29, 1.82) is 0 Å². The topological polar surface area (TPSA) is 50.9 Å². The number of anilines is 2. The highest BCUT2D eigenvalue weighted by Gasteiger charge is 2.06. The van der Waals surface area contributed by atoms with E-state index in [0.717, 1.165) is 16.9 Å². The molecule has 0 saturated carbocycles. The maximum absolute atomic E-state index is 6.15. The van der Waals surface area contributed by atoms with Gasteiger partial charge in [0, 0.05) is 5.02 Å². The van der Waals surface area contributed by atoms with Gasteiger partial charge in [0.25, 0.3) is 0 Å². The summed E-state index contributed by atoms with van der Waals surface area (Å²) in [7, 11) is 0. The van der Waals surface area contributed by atoms with Gasteiger partial charge in [0.15, 0.2) is 0 Å². The van der Waals surface area contributed by atoms with Crippen LogP contribution in [0, 0.1) is 6.92 Å². The molecule has 2 aromatic rings. The minimum absolute atomic E-state index is 0.267. The van der Waals surface area contributed by atoms with Crippen LogP contribution in [0.2, 0.25) is 10.0 Å².